The summed E-state index contributed by atoms with van der Waals surface area (Å²) >= 11 is 0. The third kappa shape index (κ3) is 3.50. The van der Waals surface area contributed by atoms with E-state index in [1.54, 1.807) is 12.1 Å². The predicted molar refractivity (Wildman–Crippen MR) is 73.3 cm³/mol. The van der Waals surface area contributed by atoms with E-state index in [0.29, 0.717) is 25.2 Å². The van der Waals surface area contributed by atoms with Gasteiger partial charge in [0.2, 0.25) is 0 Å². The Balaban J connectivity index is 1.67. The molecule has 2 rings (SSSR count). The minimum atomic E-state index is -3.73. The molecule has 0 radical (unpaired) electrons. The molecule has 0 bridgehead atoms. The van der Waals surface area contributed by atoms with E-state index in [2.05, 4.69) is 5.32 Å². The van der Waals surface area contributed by atoms with Crippen LogP contribution in [0.15, 0.2) is 30.3 Å². The zero-order chi connectivity index (χ0) is 15.3. The van der Waals surface area contributed by atoms with Gasteiger partial charge in [-0.15, -0.1) is 0 Å². The molecule has 0 aromatic heterocycles. The number of nitrogens with one attached hydrogen (secondary N) is 1. The molecule has 1 aliphatic carbocycles. The van der Waals surface area contributed by atoms with E-state index in [4.69, 9.17) is 4.74 Å². The number of hydrogen-bond donors (Lipinski definition) is 2. The number of rotatable bonds is 7. The highest BCUT2D eigenvalue weighted by molar-refractivity contribution is 5.85. The van der Waals surface area contributed by atoms with Gasteiger partial charge in [-0.05, 0) is 37.8 Å². The number of amides is 1. The topological polar surface area (TPSA) is 58.6 Å². The Bertz CT molecular complexity index is 475. The van der Waals surface area contributed by atoms with Crippen LogP contribution in [0.3, 0.4) is 0 Å². The largest absolute Gasteiger partial charge is 0.494 e. The SMILES string of the molecule is O=C(NCCCOc1ccccc1)C(F)(F)C1(O)CCC1. The first-order valence-corrected chi connectivity index (χ1v) is 7.02. The first kappa shape index (κ1) is 15.7. The van der Waals surface area contributed by atoms with Gasteiger partial charge in [0.25, 0.3) is 5.91 Å². The molecule has 0 heterocycles. The standard InChI is InChI=1S/C15H19F2NO3/c16-15(17,14(20)8-4-9-14)13(19)18-10-5-11-21-12-6-2-1-3-7-12/h1-3,6-7,20H,4-5,8-11H2,(H,18,19). The predicted octanol–water partition coefficient (Wildman–Crippen LogP) is 2.12. The van der Waals surface area contributed by atoms with Crippen molar-refractivity contribution in [3.63, 3.8) is 0 Å². The van der Waals surface area contributed by atoms with Crippen LogP contribution >= 0.6 is 0 Å². The van der Waals surface area contributed by atoms with Crippen LogP contribution in [0.1, 0.15) is 25.7 Å². The van der Waals surface area contributed by atoms with Crippen molar-refractivity contribution in [3.8, 4) is 5.75 Å². The molecule has 0 aliphatic heterocycles. The molecule has 0 spiro atoms. The molecule has 1 aromatic rings. The molecular formula is C15H19F2NO3. The molecule has 21 heavy (non-hydrogen) atoms. The van der Waals surface area contributed by atoms with Crippen molar-refractivity contribution in [1.29, 1.82) is 0 Å². The van der Waals surface area contributed by atoms with Gasteiger partial charge in [0.1, 0.15) is 11.4 Å². The zero-order valence-corrected chi connectivity index (χ0v) is 11.6. The second-order valence-electron chi connectivity index (χ2n) is 5.23. The van der Waals surface area contributed by atoms with E-state index in [1.807, 2.05) is 18.2 Å². The van der Waals surface area contributed by atoms with Crippen LogP contribution in [0.25, 0.3) is 0 Å². The lowest BCUT2D eigenvalue weighted by Crippen LogP contribution is -2.60. The molecule has 116 valence electrons. The molecule has 1 aliphatic rings. The summed E-state index contributed by atoms with van der Waals surface area (Å²) in [6.07, 6.45) is 0.856. The van der Waals surface area contributed by atoms with Crippen molar-refractivity contribution in [2.75, 3.05) is 13.2 Å². The normalized spacial score (nSPS) is 16.9. The fourth-order valence-electron chi connectivity index (χ4n) is 2.13. The van der Waals surface area contributed by atoms with Gasteiger partial charge >= 0.3 is 5.92 Å². The molecular weight excluding hydrogens is 280 g/mol. The average molecular weight is 299 g/mol. The van der Waals surface area contributed by atoms with Crippen molar-refractivity contribution in [3.05, 3.63) is 30.3 Å². The Morgan fingerprint density at radius 1 is 1.33 bits per heavy atom. The van der Waals surface area contributed by atoms with Gasteiger partial charge in [-0.3, -0.25) is 4.79 Å². The van der Waals surface area contributed by atoms with E-state index in [9.17, 15) is 18.7 Å². The monoisotopic (exact) mass is 299 g/mol. The van der Waals surface area contributed by atoms with Crippen LogP contribution < -0.4 is 10.1 Å². The number of hydrogen-bond acceptors (Lipinski definition) is 3. The smallest absolute Gasteiger partial charge is 0.352 e. The van der Waals surface area contributed by atoms with E-state index in [1.165, 1.54) is 0 Å². The Kier molecular flexibility index (Phi) is 4.77. The number of aliphatic hydroxyl groups is 1. The fraction of sp³-hybridized carbons (Fsp3) is 0.533. The number of carbonyl (C=O) groups is 1. The maximum atomic E-state index is 13.7. The van der Waals surface area contributed by atoms with Crippen LogP contribution in [0.5, 0.6) is 5.75 Å². The number of ether oxygens (including phenoxy) is 1. The molecule has 1 saturated carbocycles. The molecule has 1 fully saturated rings. The maximum Gasteiger partial charge on any atom is 0.352 e. The zero-order valence-electron chi connectivity index (χ0n) is 11.6. The van der Waals surface area contributed by atoms with Gasteiger partial charge in [0.05, 0.1) is 6.61 Å². The third-order valence-corrected chi connectivity index (χ3v) is 3.67. The van der Waals surface area contributed by atoms with E-state index in [0.717, 1.165) is 0 Å². The quantitative estimate of drug-likeness (QED) is 0.758. The van der Waals surface area contributed by atoms with Crippen LogP contribution in [-0.2, 0) is 4.79 Å². The Labute approximate surface area is 122 Å². The van der Waals surface area contributed by atoms with E-state index in [-0.39, 0.29) is 19.4 Å². The van der Waals surface area contributed by atoms with Gasteiger partial charge in [0.15, 0.2) is 0 Å². The highest BCUT2D eigenvalue weighted by Gasteiger charge is 2.60. The molecule has 0 unspecified atom stereocenters. The first-order valence-electron chi connectivity index (χ1n) is 7.02. The molecule has 1 aromatic carbocycles. The van der Waals surface area contributed by atoms with Crippen molar-refractivity contribution in [1.82, 2.24) is 5.32 Å². The van der Waals surface area contributed by atoms with Crippen LogP contribution in [0.2, 0.25) is 0 Å². The number of benzene rings is 1. The highest BCUT2D eigenvalue weighted by Crippen LogP contribution is 2.44. The summed E-state index contributed by atoms with van der Waals surface area (Å²) in [5.41, 5.74) is -2.17. The summed E-state index contributed by atoms with van der Waals surface area (Å²) < 4.78 is 32.8. The minimum absolute atomic E-state index is 0.0372. The summed E-state index contributed by atoms with van der Waals surface area (Å²) in [7, 11) is 0. The molecule has 6 heteroatoms. The third-order valence-electron chi connectivity index (χ3n) is 3.67. The minimum Gasteiger partial charge on any atom is -0.494 e. The lowest BCUT2D eigenvalue weighted by atomic mass is 9.75. The summed E-state index contributed by atoms with van der Waals surface area (Å²) in [5.74, 6) is -4.45. The van der Waals surface area contributed by atoms with Crippen molar-refractivity contribution in [2.24, 2.45) is 0 Å². The molecule has 0 atom stereocenters. The van der Waals surface area contributed by atoms with Crippen molar-refractivity contribution < 1.29 is 23.4 Å². The highest BCUT2D eigenvalue weighted by atomic mass is 19.3. The maximum absolute atomic E-state index is 13.7. The lowest BCUT2D eigenvalue weighted by Gasteiger charge is -2.41. The van der Waals surface area contributed by atoms with Gasteiger partial charge < -0.3 is 15.2 Å². The average Bonchev–Trinajstić information content (AvgIpc) is 2.45. The van der Waals surface area contributed by atoms with Gasteiger partial charge in [-0.2, -0.15) is 8.78 Å². The summed E-state index contributed by atoms with van der Waals surface area (Å²) in [6, 6.07) is 9.10. The van der Waals surface area contributed by atoms with Gasteiger partial charge in [-0.1, -0.05) is 18.2 Å². The Morgan fingerprint density at radius 3 is 2.57 bits per heavy atom. The summed E-state index contributed by atoms with van der Waals surface area (Å²) in [6.45, 7) is 0.400. The van der Waals surface area contributed by atoms with Gasteiger partial charge in [0, 0.05) is 6.54 Å². The van der Waals surface area contributed by atoms with Crippen LogP contribution in [-0.4, -0.2) is 35.7 Å². The van der Waals surface area contributed by atoms with Crippen LogP contribution in [0, 0.1) is 0 Å². The molecule has 0 saturated heterocycles. The van der Waals surface area contributed by atoms with E-state index >= 15 is 0 Å². The van der Waals surface area contributed by atoms with Gasteiger partial charge in [-0.25, -0.2) is 0 Å². The Hall–Kier alpha value is -1.69. The van der Waals surface area contributed by atoms with Crippen molar-refractivity contribution in [2.45, 2.75) is 37.2 Å². The number of alkyl halides is 2. The Morgan fingerprint density at radius 2 is 2.00 bits per heavy atom. The van der Waals surface area contributed by atoms with E-state index < -0.39 is 17.4 Å². The fourth-order valence-corrected chi connectivity index (χ4v) is 2.13. The van der Waals surface area contributed by atoms with Crippen LogP contribution in [0.4, 0.5) is 8.78 Å². The number of halogens is 2. The number of carbonyl (C=O) groups excluding carboxylic acids is 1. The lowest BCUT2D eigenvalue weighted by molar-refractivity contribution is -0.215. The summed E-state index contributed by atoms with van der Waals surface area (Å²) in [5, 5.41) is 11.8. The second kappa shape index (κ2) is 6.39. The first-order chi connectivity index (χ1) is 9.96. The summed E-state index contributed by atoms with van der Waals surface area (Å²) in [4.78, 5) is 11.5. The second-order valence-corrected chi connectivity index (χ2v) is 5.23. The molecule has 4 nitrogen and oxygen atoms in total. The van der Waals surface area contributed by atoms with Crippen molar-refractivity contribution >= 4 is 5.91 Å². The molecule has 1 amide bonds. The molecule has 2 N–H and O–H groups in total. The number of para-hydroxylation sites is 1.